The molecule has 17 heavy (non-hydrogen) atoms. The highest BCUT2D eigenvalue weighted by molar-refractivity contribution is 6.30. The first kappa shape index (κ1) is 12.7. The lowest BCUT2D eigenvalue weighted by molar-refractivity contribution is 0.118. The van der Waals surface area contributed by atoms with Crippen LogP contribution < -0.4 is 0 Å². The Balaban J connectivity index is 2.13. The number of rotatable bonds is 2. The molecule has 1 saturated heterocycles. The minimum Gasteiger partial charge on any atom is -0.508 e. The summed E-state index contributed by atoms with van der Waals surface area (Å²) in [5.74, 6) is 0.334. The lowest BCUT2D eigenvalue weighted by Crippen LogP contribution is -2.45. The van der Waals surface area contributed by atoms with Crippen LogP contribution in [-0.4, -0.2) is 48.1 Å². The summed E-state index contributed by atoms with van der Waals surface area (Å²) < 4.78 is 0. The molecule has 0 spiro atoms. The highest BCUT2D eigenvalue weighted by atomic mass is 35.5. The summed E-state index contributed by atoms with van der Waals surface area (Å²) >= 11 is 5.99. The molecular weight excluding hydrogens is 236 g/mol. The third kappa shape index (κ3) is 2.92. The molecule has 0 aliphatic carbocycles. The lowest BCUT2D eigenvalue weighted by atomic mass is 10.0. The molecule has 1 aliphatic rings. The topological polar surface area (TPSA) is 26.7 Å². The summed E-state index contributed by atoms with van der Waals surface area (Å²) in [7, 11) is 2.14. The second-order valence-electron chi connectivity index (χ2n) is 4.72. The van der Waals surface area contributed by atoms with E-state index in [0.717, 1.165) is 31.7 Å². The molecule has 1 heterocycles. The Labute approximate surface area is 108 Å². The van der Waals surface area contributed by atoms with Crippen LogP contribution in [0.5, 0.6) is 5.75 Å². The van der Waals surface area contributed by atoms with E-state index in [0.29, 0.717) is 10.8 Å². The van der Waals surface area contributed by atoms with Gasteiger partial charge in [-0.25, -0.2) is 0 Å². The van der Waals surface area contributed by atoms with Crippen molar-refractivity contribution in [1.29, 1.82) is 0 Å². The maximum Gasteiger partial charge on any atom is 0.120 e. The molecule has 1 aliphatic heterocycles. The van der Waals surface area contributed by atoms with Crippen LogP contribution in [0, 0.1) is 0 Å². The molecule has 0 saturated carbocycles. The number of nitrogens with zero attached hydrogens (tertiary/aromatic N) is 2. The third-order valence-electron chi connectivity index (χ3n) is 3.53. The Bertz CT molecular complexity index is 389. The van der Waals surface area contributed by atoms with Crippen molar-refractivity contribution in [3.8, 4) is 5.75 Å². The maximum atomic E-state index is 9.89. The van der Waals surface area contributed by atoms with Crippen molar-refractivity contribution in [2.45, 2.75) is 13.0 Å². The van der Waals surface area contributed by atoms with Crippen LogP contribution in [0.1, 0.15) is 18.5 Å². The average molecular weight is 255 g/mol. The molecule has 94 valence electrons. The summed E-state index contributed by atoms with van der Waals surface area (Å²) in [6, 6.07) is 5.46. The Morgan fingerprint density at radius 1 is 1.24 bits per heavy atom. The predicted molar refractivity (Wildman–Crippen MR) is 70.6 cm³/mol. The number of piperazine rings is 1. The van der Waals surface area contributed by atoms with Gasteiger partial charge in [-0.3, -0.25) is 4.90 Å². The minimum absolute atomic E-state index is 0.211. The number of halogens is 1. The highest BCUT2D eigenvalue weighted by Crippen LogP contribution is 2.31. The fourth-order valence-corrected chi connectivity index (χ4v) is 2.45. The van der Waals surface area contributed by atoms with E-state index in [9.17, 15) is 5.11 Å². The van der Waals surface area contributed by atoms with Gasteiger partial charge in [0, 0.05) is 42.8 Å². The van der Waals surface area contributed by atoms with E-state index < -0.39 is 0 Å². The van der Waals surface area contributed by atoms with Crippen molar-refractivity contribution in [2.24, 2.45) is 0 Å². The van der Waals surface area contributed by atoms with Gasteiger partial charge in [0.15, 0.2) is 0 Å². The fourth-order valence-electron chi connectivity index (χ4n) is 2.27. The number of likely N-dealkylation sites (N-methyl/N-ethyl adjacent to an activating group) is 1. The van der Waals surface area contributed by atoms with E-state index in [2.05, 4.69) is 23.8 Å². The summed E-state index contributed by atoms with van der Waals surface area (Å²) in [6.07, 6.45) is 0. The van der Waals surface area contributed by atoms with Gasteiger partial charge in [0.25, 0.3) is 0 Å². The number of benzene rings is 1. The predicted octanol–water partition coefficient (Wildman–Crippen LogP) is 2.35. The molecule has 0 amide bonds. The van der Waals surface area contributed by atoms with Crippen LogP contribution in [0.4, 0.5) is 0 Å². The van der Waals surface area contributed by atoms with Gasteiger partial charge >= 0.3 is 0 Å². The zero-order chi connectivity index (χ0) is 12.4. The zero-order valence-corrected chi connectivity index (χ0v) is 11.1. The molecule has 1 unspecified atom stereocenters. The standard InChI is InChI=1S/C13H19ClN2O/c1-10(16-7-5-15(2)6-8-16)12-9-11(14)3-4-13(12)17/h3-4,9-10,17H,5-8H2,1-2H3. The molecular formula is C13H19ClN2O. The van der Waals surface area contributed by atoms with E-state index in [-0.39, 0.29) is 6.04 Å². The van der Waals surface area contributed by atoms with Gasteiger partial charge in [0.2, 0.25) is 0 Å². The summed E-state index contributed by atoms with van der Waals surface area (Å²) in [6.45, 7) is 6.33. The number of aromatic hydroxyl groups is 1. The van der Waals surface area contributed by atoms with Crippen molar-refractivity contribution in [2.75, 3.05) is 33.2 Å². The minimum atomic E-state index is 0.211. The lowest BCUT2D eigenvalue weighted by Gasteiger charge is -2.36. The van der Waals surface area contributed by atoms with Crippen LogP contribution in [0.2, 0.25) is 5.02 Å². The van der Waals surface area contributed by atoms with Gasteiger partial charge in [0.05, 0.1) is 0 Å². The largest absolute Gasteiger partial charge is 0.508 e. The molecule has 4 heteroatoms. The fraction of sp³-hybridized carbons (Fsp3) is 0.538. The molecule has 1 aromatic carbocycles. The zero-order valence-electron chi connectivity index (χ0n) is 10.4. The van der Waals surface area contributed by atoms with Gasteiger partial charge in [-0.05, 0) is 32.2 Å². The van der Waals surface area contributed by atoms with Crippen LogP contribution in [-0.2, 0) is 0 Å². The van der Waals surface area contributed by atoms with Gasteiger partial charge < -0.3 is 10.0 Å². The first-order chi connectivity index (χ1) is 8.08. The van der Waals surface area contributed by atoms with E-state index in [1.165, 1.54) is 0 Å². The van der Waals surface area contributed by atoms with Gasteiger partial charge in [-0.1, -0.05) is 11.6 Å². The first-order valence-electron chi connectivity index (χ1n) is 5.99. The molecule has 0 aromatic heterocycles. The van der Waals surface area contributed by atoms with Crippen molar-refractivity contribution in [3.05, 3.63) is 28.8 Å². The molecule has 3 nitrogen and oxygen atoms in total. The number of phenols is 1. The number of hydrogen-bond donors (Lipinski definition) is 1. The molecule has 2 rings (SSSR count). The summed E-state index contributed by atoms with van der Waals surface area (Å²) in [5.41, 5.74) is 0.919. The summed E-state index contributed by atoms with van der Waals surface area (Å²) in [5, 5.41) is 10.6. The molecule has 1 fully saturated rings. The van der Waals surface area contributed by atoms with E-state index in [1.807, 2.05) is 6.07 Å². The van der Waals surface area contributed by atoms with Crippen LogP contribution in [0.3, 0.4) is 0 Å². The number of phenolic OH excluding ortho intramolecular Hbond substituents is 1. The molecule has 1 N–H and O–H groups in total. The van der Waals surface area contributed by atoms with Crippen LogP contribution in [0.15, 0.2) is 18.2 Å². The smallest absolute Gasteiger partial charge is 0.120 e. The normalized spacial score (nSPS) is 20.4. The quantitative estimate of drug-likeness (QED) is 0.878. The summed E-state index contributed by atoms with van der Waals surface area (Å²) in [4.78, 5) is 4.70. The molecule has 1 atom stereocenters. The SMILES string of the molecule is CC(c1cc(Cl)ccc1O)N1CCN(C)CC1. The molecule has 1 aromatic rings. The van der Waals surface area contributed by atoms with Crippen molar-refractivity contribution in [1.82, 2.24) is 9.80 Å². The molecule has 0 bridgehead atoms. The number of hydrogen-bond acceptors (Lipinski definition) is 3. The van der Waals surface area contributed by atoms with Crippen LogP contribution in [0.25, 0.3) is 0 Å². The highest BCUT2D eigenvalue weighted by Gasteiger charge is 2.22. The third-order valence-corrected chi connectivity index (χ3v) is 3.76. The second-order valence-corrected chi connectivity index (χ2v) is 5.15. The van der Waals surface area contributed by atoms with E-state index in [1.54, 1.807) is 12.1 Å². The second kappa shape index (κ2) is 5.25. The maximum absolute atomic E-state index is 9.89. The van der Waals surface area contributed by atoms with Crippen molar-refractivity contribution in [3.63, 3.8) is 0 Å². The van der Waals surface area contributed by atoms with Crippen LogP contribution >= 0.6 is 11.6 Å². The Morgan fingerprint density at radius 2 is 1.88 bits per heavy atom. The van der Waals surface area contributed by atoms with Crippen molar-refractivity contribution >= 4 is 11.6 Å². The van der Waals surface area contributed by atoms with Gasteiger partial charge in [-0.15, -0.1) is 0 Å². The average Bonchev–Trinajstić information content (AvgIpc) is 2.32. The monoisotopic (exact) mass is 254 g/mol. The Kier molecular flexibility index (Phi) is 3.92. The Morgan fingerprint density at radius 3 is 2.53 bits per heavy atom. The van der Waals surface area contributed by atoms with Crippen molar-refractivity contribution < 1.29 is 5.11 Å². The van der Waals surface area contributed by atoms with E-state index in [4.69, 9.17) is 11.6 Å². The molecule has 0 radical (unpaired) electrons. The van der Waals surface area contributed by atoms with Gasteiger partial charge in [0.1, 0.15) is 5.75 Å². The van der Waals surface area contributed by atoms with E-state index >= 15 is 0 Å². The first-order valence-corrected chi connectivity index (χ1v) is 6.36. The Hall–Kier alpha value is -0.770. The van der Waals surface area contributed by atoms with Gasteiger partial charge in [-0.2, -0.15) is 0 Å².